The summed E-state index contributed by atoms with van der Waals surface area (Å²) in [4.78, 5) is 21.3. The van der Waals surface area contributed by atoms with Crippen LogP contribution in [0, 0.1) is 0 Å². The highest BCUT2D eigenvalue weighted by molar-refractivity contribution is 6.05. The number of hydrogen-bond acceptors (Lipinski definition) is 4. The van der Waals surface area contributed by atoms with Gasteiger partial charge in [-0.3, -0.25) is 14.7 Å². The molecule has 2 aromatic rings. The predicted octanol–water partition coefficient (Wildman–Crippen LogP) is 2.45. The molecule has 1 aliphatic rings. The highest BCUT2D eigenvalue weighted by Crippen LogP contribution is 2.47. The minimum absolute atomic E-state index is 0.0115. The smallest absolute Gasteiger partial charge is 0.375 e. The predicted molar refractivity (Wildman–Crippen MR) is 79.5 cm³/mol. The van der Waals surface area contributed by atoms with Gasteiger partial charge in [0.1, 0.15) is 11.5 Å². The molecule has 0 bridgehead atoms. The second-order valence-corrected chi connectivity index (χ2v) is 5.53. The molecular weight excluding hydrogens is 323 g/mol. The maximum Gasteiger partial charge on any atom is 0.423 e. The van der Waals surface area contributed by atoms with Crippen molar-refractivity contribution in [1.29, 1.82) is 0 Å². The second-order valence-electron chi connectivity index (χ2n) is 5.53. The van der Waals surface area contributed by atoms with Gasteiger partial charge in [-0.1, -0.05) is 13.0 Å². The molecule has 1 N–H and O–H groups in total. The highest BCUT2D eigenvalue weighted by atomic mass is 19.4. The third-order valence-corrected chi connectivity index (χ3v) is 4.04. The van der Waals surface area contributed by atoms with Crippen LogP contribution < -0.4 is 4.90 Å². The van der Waals surface area contributed by atoms with E-state index in [0.29, 0.717) is 6.42 Å². The fourth-order valence-corrected chi connectivity index (χ4v) is 2.68. The Balaban J connectivity index is 2.05. The van der Waals surface area contributed by atoms with Gasteiger partial charge in [0, 0.05) is 18.0 Å². The number of rotatable bonds is 2. The van der Waals surface area contributed by atoms with Crippen molar-refractivity contribution in [2.75, 3.05) is 11.4 Å². The number of aryl methyl sites for hydroxylation is 1. The standard InChI is InChI=1S/C16H14F3N3O2/c1-2-10-5-7-20-12(8-10)14(23)22-9-15(24,16(17,18)19)11-4-3-6-21-13(11)22/h3-8,24H,2,9H2,1H3. The van der Waals surface area contributed by atoms with Gasteiger partial charge < -0.3 is 5.11 Å². The Morgan fingerprint density at radius 1 is 1.33 bits per heavy atom. The zero-order valence-electron chi connectivity index (χ0n) is 12.7. The van der Waals surface area contributed by atoms with Crippen LogP contribution in [0.3, 0.4) is 0 Å². The van der Waals surface area contributed by atoms with Gasteiger partial charge >= 0.3 is 6.18 Å². The van der Waals surface area contributed by atoms with Crippen LogP contribution in [0.25, 0.3) is 0 Å². The first-order valence-electron chi connectivity index (χ1n) is 7.29. The van der Waals surface area contributed by atoms with Crippen molar-refractivity contribution in [3.8, 4) is 0 Å². The number of carbonyl (C=O) groups is 1. The molecule has 0 radical (unpaired) electrons. The molecule has 0 aliphatic carbocycles. The summed E-state index contributed by atoms with van der Waals surface area (Å²) in [6, 6.07) is 5.66. The molecule has 5 nitrogen and oxygen atoms in total. The molecule has 126 valence electrons. The molecule has 1 amide bonds. The Kier molecular flexibility index (Phi) is 3.79. The summed E-state index contributed by atoms with van der Waals surface area (Å²) in [7, 11) is 0. The third-order valence-electron chi connectivity index (χ3n) is 4.04. The summed E-state index contributed by atoms with van der Waals surface area (Å²) in [5.74, 6) is -0.934. The molecule has 0 fully saturated rings. The van der Waals surface area contributed by atoms with E-state index in [0.717, 1.165) is 16.5 Å². The Labute approximate surface area is 135 Å². The maximum absolute atomic E-state index is 13.4. The van der Waals surface area contributed by atoms with Gasteiger partial charge in [0.05, 0.1) is 6.54 Å². The summed E-state index contributed by atoms with van der Waals surface area (Å²) in [5.41, 5.74) is -2.73. The number of pyridine rings is 2. The van der Waals surface area contributed by atoms with E-state index in [1.54, 1.807) is 6.07 Å². The second kappa shape index (κ2) is 5.55. The van der Waals surface area contributed by atoms with Crippen LogP contribution in [0.1, 0.15) is 28.5 Å². The average molecular weight is 337 g/mol. The topological polar surface area (TPSA) is 66.3 Å². The van der Waals surface area contributed by atoms with Gasteiger partial charge in [-0.25, -0.2) is 4.98 Å². The van der Waals surface area contributed by atoms with Crippen LogP contribution in [0.15, 0.2) is 36.7 Å². The molecule has 8 heteroatoms. The molecule has 1 atom stereocenters. The van der Waals surface area contributed by atoms with Gasteiger partial charge in [0.15, 0.2) is 0 Å². The average Bonchev–Trinajstić information content (AvgIpc) is 2.89. The van der Waals surface area contributed by atoms with E-state index in [4.69, 9.17) is 0 Å². The van der Waals surface area contributed by atoms with E-state index in [9.17, 15) is 23.1 Å². The number of anilines is 1. The number of nitrogens with zero attached hydrogens (tertiary/aromatic N) is 3. The normalized spacial score (nSPS) is 20.1. The maximum atomic E-state index is 13.4. The third kappa shape index (κ3) is 2.43. The van der Waals surface area contributed by atoms with Crippen LogP contribution in [-0.4, -0.2) is 33.7 Å². The van der Waals surface area contributed by atoms with E-state index in [2.05, 4.69) is 9.97 Å². The first kappa shape index (κ1) is 16.4. The summed E-state index contributed by atoms with van der Waals surface area (Å²) in [5, 5.41) is 10.2. The number of aliphatic hydroxyl groups is 1. The number of fused-ring (bicyclic) bond motifs is 1. The van der Waals surface area contributed by atoms with Gasteiger partial charge in [0.2, 0.25) is 5.60 Å². The lowest BCUT2D eigenvalue weighted by molar-refractivity contribution is -0.258. The van der Waals surface area contributed by atoms with Crippen LogP contribution in [0.5, 0.6) is 0 Å². The van der Waals surface area contributed by atoms with E-state index in [1.807, 2.05) is 6.92 Å². The number of amides is 1. The molecule has 0 saturated carbocycles. The Morgan fingerprint density at radius 2 is 2.08 bits per heavy atom. The number of carbonyl (C=O) groups excluding carboxylic acids is 1. The molecular formula is C16H14F3N3O2. The van der Waals surface area contributed by atoms with Gasteiger partial charge in [-0.15, -0.1) is 0 Å². The SMILES string of the molecule is CCc1ccnc(C(=O)N2CC(O)(C(F)(F)F)c3cccnc32)c1. The van der Waals surface area contributed by atoms with E-state index in [1.165, 1.54) is 24.5 Å². The van der Waals surface area contributed by atoms with Crippen LogP contribution >= 0.6 is 0 Å². The van der Waals surface area contributed by atoms with Gasteiger partial charge in [-0.2, -0.15) is 13.2 Å². The van der Waals surface area contributed by atoms with Crippen molar-refractivity contribution >= 4 is 11.7 Å². The zero-order valence-corrected chi connectivity index (χ0v) is 12.7. The van der Waals surface area contributed by atoms with Crippen molar-refractivity contribution in [3.63, 3.8) is 0 Å². The summed E-state index contributed by atoms with van der Waals surface area (Å²) in [6.07, 6.45) is -1.57. The molecule has 0 saturated heterocycles. The van der Waals surface area contributed by atoms with Crippen molar-refractivity contribution in [2.45, 2.75) is 25.1 Å². The van der Waals surface area contributed by atoms with E-state index >= 15 is 0 Å². The van der Waals surface area contributed by atoms with Gasteiger partial charge in [-0.05, 0) is 30.2 Å². The highest BCUT2D eigenvalue weighted by Gasteiger charge is 2.61. The molecule has 3 heterocycles. The number of β-amino-alcohol motifs (C(OH)–C–C–N with tert-alkyl or cyclic N) is 1. The summed E-state index contributed by atoms with van der Waals surface area (Å²) < 4.78 is 40.1. The summed E-state index contributed by atoms with van der Waals surface area (Å²) in [6.45, 7) is 0.943. The molecule has 2 aromatic heterocycles. The molecule has 24 heavy (non-hydrogen) atoms. The number of alkyl halides is 3. The molecule has 1 unspecified atom stereocenters. The van der Waals surface area contributed by atoms with Crippen molar-refractivity contribution < 1.29 is 23.1 Å². The number of hydrogen-bond donors (Lipinski definition) is 1. The van der Waals surface area contributed by atoms with Crippen molar-refractivity contribution in [3.05, 3.63) is 53.5 Å². The lowest BCUT2D eigenvalue weighted by atomic mass is 9.97. The number of aromatic nitrogens is 2. The van der Waals surface area contributed by atoms with E-state index in [-0.39, 0.29) is 11.5 Å². The van der Waals surface area contributed by atoms with Crippen molar-refractivity contribution in [2.24, 2.45) is 0 Å². The largest absolute Gasteiger partial charge is 0.423 e. The van der Waals surface area contributed by atoms with Crippen LogP contribution in [-0.2, 0) is 12.0 Å². The first-order valence-corrected chi connectivity index (χ1v) is 7.29. The molecule has 0 spiro atoms. The number of halogens is 3. The first-order chi connectivity index (χ1) is 11.3. The van der Waals surface area contributed by atoms with E-state index < -0.39 is 29.8 Å². The minimum atomic E-state index is -4.93. The Morgan fingerprint density at radius 3 is 2.75 bits per heavy atom. The Bertz CT molecular complexity index is 794. The van der Waals surface area contributed by atoms with Crippen LogP contribution in [0.2, 0.25) is 0 Å². The fourth-order valence-electron chi connectivity index (χ4n) is 2.68. The van der Waals surface area contributed by atoms with Crippen molar-refractivity contribution in [1.82, 2.24) is 9.97 Å². The minimum Gasteiger partial charge on any atom is -0.375 e. The molecule has 1 aliphatic heterocycles. The molecule has 3 rings (SSSR count). The lowest BCUT2D eigenvalue weighted by Crippen LogP contribution is -2.47. The molecule has 0 aromatic carbocycles. The quantitative estimate of drug-likeness (QED) is 0.914. The fraction of sp³-hybridized carbons (Fsp3) is 0.312. The van der Waals surface area contributed by atoms with Crippen LogP contribution in [0.4, 0.5) is 19.0 Å². The zero-order chi connectivity index (χ0) is 17.5. The summed E-state index contributed by atoms with van der Waals surface area (Å²) >= 11 is 0. The monoisotopic (exact) mass is 337 g/mol. The lowest BCUT2D eigenvalue weighted by Gasteiger charge is -2.26. The Hall–Kier alpha value is -2.48. The van der Waals surface area contributed by atoms with Gasteiger partial charge in [0.25, 0.3) is 5.91 Å².